The van der Waals surface area contributed by atoms with E-state index in [-0.39, 0.29) is 19.8 Å². The number of rotatable bonds is 44. The molecule has 1 saturated heterocycles. The molecule has 0 spiro atoms. The van der Waals surface area contributed by atoms with Gasteiger partial charge in [0.25, 0.3) is 5.79 Å². The minimum atomic E-state index is -2.43. The van der Waals surface area contributed by atoms with Crippen LogP contribution in [0.15, 0.2) is 24.3 Å². The first-order valence-corrected chi connectivity index (χ1v) is 25.9. The largest absolute Gasteiger partial charge is 0.477 e. The summed E-state index contributed by atoms with van der Waals surface area (Å²) in [7, 11) is 0. The monoisotopic (exact) mass is 912 g/mol. The van der Waals surface area contributed by atoms with Crippen molar-refractivity contribution >= 4 is 11.9 Å². The van der Waals surface area contributed by atoms with Crippen molar-refractivity contribution in [2.45, 2.75) is 250 Å². The molecule has 1 rings (SSSR count). The Morgan fingerprint density at radius 1 is 0.672 bits per heavy atom. The van der Waals surface area contributed by atoms with Gasteiger partial charge in [-0.2, -0.15) is 0 Å². The van der Waals surface area contributed by atoms with E-state index in [0.29, 0.717) is 13.2 Å². The topological polar surface area (TPSA) is 184 Å². The summed E-state index contributed by atoms with van der Waals surface area (Å²) < 4.78 is 24.3. The summed E-state index contributed by atoms with van der Waals surface area (Å²) in [6.45, 7) is 8.11. The molecule has 12 heteroatoms. The normalized spacial score (nSPS) is 20.3. The fourth-order valence-electron chi connectivity index (χ4n) is 8.23. The number of amides is 1. The molecule has 0 aromatic rings. The quantitative estimate of drug-likeness (QED) is 0.0253. The number of aliphatic hydroxyl groups excluding tert-OH is 4. The Morgan fingerprint density at radius 3 is 1.44 bits per heavy atom. The van der Waals surface area contributed by atoms with E-state index in [9.17, 15) is 35.1 Å². The molecule has 1 fully saturated rings. The number of allylic oxidation sites excluding steroid dienone is 4. The Kier molecular flexibility index (Phi) is 36.8. The Labute approximate surface area is 389 Å². The number of hydrogen-bond acceptors (Lipinski definition) is 10. The molecule has 0 aromatic heterocycles. The van der Waals surface area contributed by atoms with Crippen LogP contribution in [0.1, 0.15) is 214 Å². The second-order valence-electron chi connectivity index (χ2n) is 19.0. The van der Waals surface area contributed by atoms with Gasteiger partial charge in [0.2, 0.25) is 5.91 Å². The van der Waals surface area contributed by atoms with E-state index in [1.807, 2.05) is 6.92 Å². The average molecular weight is 912 g/mol. The van der Waals surface area contributed by atoms with E-state index in [0.717, 1.165) is 51.4 Å². The molecular formula is C52H97NO11. The van der Waals surface area contributed by atoms with E-state index in [2.05, 4.69) is 43.5 Å². The lowest BCUT2D eigenvalue weighted by Gasteiger charge is -2.47. The molecule has 6 N–H and O–H groups in total. The molecule has 1 aliphatic rings. The predicted molar refractivity (Wildman–Crippen MR) is 257 cm³/mol. The second kappa shape index (κ2) is 39.1. The van der Waals surface area contributed by atoms with Crippen molar-refractivity contribution in [1.82, 2.24) is 5.32 Å². The van der Waals surface area contributed by atoms with Gasteiger partial charge >= 0.3 is 5.97 Å². The zero-order chi connectivity index (χ0) is 47.2. The fourth-order valence-corrected chi connectivity index (χ4v) is 8.23. The third kappa shape index (κ3) is 29.0. The van der Waals surface area contributed by atoms with Gasteiger partial charge in [-0.25, -0.2) is 4.79 Å². The zero-order valence-electron chi connectivity index (χ0n) is 41.1. The third-order valence-corrected chi connectivity index (χ3v) is 12.3. The van der Waals surface area contributed by atoms with Crippen LogP contribution in [0.25, 0.3) is 0 Å². The molecule has 64 heavy (non-hydrogen) atoms. The highest BCUT2D eigenvalue weighted by atomic mass is 16.7. The molecule has 0 bridgehead atoms. The summed E-state index contributed by atoms with van der Waals surface area (Å²) in [4.78, 5) is 24.8. The Balaban J connectivity index is 2.65. The van der Waals surface area contributed by atoms with Crippen LogP contribution < -0.4 is 5.32 Å². The lowest BCUT2D eigenvalue weighted by molar-refractivity contribution is -0.318. The average Bonchev–Trinajstić information content (AvgIpc) is 3.27. The Morgan fingerprint density at radius 2 is 1.06 bits per heavy atom. The molecule has 12 nitrogen and oxygen atoms in total. The van der Waals surface area contributed by atoms with E-state index in [1.54, 1.807) is 0 Å². The molecule has 0 radical (unpaired) electrons. The number of carbonyl (C=O) groups excluding carboxylic acids is 1. The molecule has 0 aliphatic carbocycles. The van der Waals surface area contributed by atoms with Crippen molar-refractivity contribution in [1.29, 1.82) is 0 Å². The standard InChI is InChI=1S/C52H97NO11/c1-5-7-9-11-13-15-17-19-21-23-25-27-29-31-33-35-37-61-41-51(4,42-62-38-36-34-32-30-28-26-24-22-20-18-16-14-12-10-8-6-2)43-63-52(50(59)60)39-45(56)47(53-44(3)55)49(64-52)48(58)46(57)40-54/h19-22,45-49,54,56-58H,5-18,23-43H2,1-4H3,(H,53,55)(H,59,60)/b21-19-,22-20-/t45-,46+,47+,48+,49+,52+/m0/s1. The lowest BCUT2D eigenvalue weighted by Crippen LogP contribution is -2.68. The van der Waals surface area contributed by atoms with Crippen LogP contribution in [0.5, 0.6) is 0 Å². The highest BCUT2D eigenvalue weighted by molar-refractivity contribution is 5.76. The molecule has 0 unspecified atom stereocenters. The molecule has 1 amide bonds. The van der Waals surface area contributed by atoms with Crippen molar-refractivity contribution in [3.05, 3.63) is 24.3 Å². The van der Waals surface area contributed by atoms with Gasteiger partial charge < -0.3 is 49.8 Å². The van der Waals surface area contributed by atoms with Crippen molar-refractivity contribution in [2.24, 2.45) is 5.41 Å². The Hall–Kier alpha value is -1.90. The zero-order valence-corrected chi connectivity index (χ0v) is 41.1. The minimum Gasteiger partial charge on any atom is -0.477 e. The maximum absolute atomic E-state index is 12.8. The highest BCUT2D eigenvalue weighted by Gasteiger charge is 2.56. The number of carbonyl (C=O) groups is 2. The van der Waals surface area contributed by atoms with E-state index in [4.69, 9.17) is 18.9 Å². The van der Waals surface area contributed by atoms with Crippen LogP contribution in [0, 0.1) is 5.41 Å². The molecule has 0 saturated carbocycles. The molecule has 376 valence electrons. The third-order valence-electron chi connectivity index (χ3n) is 12.3. The van der Waals surface area contributed by atoms with Crippen LogP contribution in [0.3, 0.4) is 0 Å². The van der Waals surface area contributed by atoms with Crippen LogP contribution in [-0.2, 0) is 28.5 Å². The maximum Gasteiger partial charge on any atom is 0.364 e. The van der Waals surface area contributed by atoms with Gasteiger partial charge in [-0.3, -0.25) is 4.79 Å². The van der Waals surface area contributed by atoms with Gasteiger partial charge in [0.15, 0.2) is 0 Å². The fraction of sp³-hybridized carbons (Fsp3) is 0.885. The number of carboxylic acids is 1. The maximum atomic E-state index is 12.8. The van der Waals surface area contributed by atoms with Gasteiger partial charge in [0, 0.05) is 32.0 Å². The smallest absolute Gasteiger partial charge is 0.364 e. The van der Waals surface area contributed by atoms with Crippen molar-refractivity contribution in [2.75, 3.05) is 39.6 Å². The Bertz CT molecular complexity index is 1140. The van der Waals surface area contributed by atoms with Crippen LogP contribution in [0.4, 0.5) is 0 Å². The SMILES string of the molecule is CCCCCCCC/C=C\CCCCCCCCOCC(C)(COCCCCCCCC/C=C\CCCCCCCC)CO[C@]1(C(=O)O)C[C@H](O)[C@@H](NC(C)=O)[C@H]([C@H](O)[C@H](O)CO)O1. The number of aliphatic hydroxyl groups is 4. The first-order chi connectivity index (χ1) is 30.9. The second-order valence-corrected chi connectivity index (χ2v) is 19.0. The summed E-state index contributed by atoms with van der Waals surface area (Å²) in [5, 5.41) is 54.6. The van der Waals surface area contributed by atoms with Crippen molar-refractivity contribution < 1.29 is 54.1 Å². The first kappa shape index (κ1) is 60.1. The van der Waals surface area contributed by atoms with Crippen LogP contribution >= 0.6 is 0 Å². The van der Waals surface area contributed by atoms with Gasteiger partial charge in [0.1, 0.15) is 18.3 Å². The molecule has 1 heterocycles. The van der Waals surface area contributed by atoms with Gasteiger partial charge in [-0.1, -0.05) is 161 Å². The summed E-state index contributed by atoms with van der Waals surface area (Å²) in [6, 6.07) is -1.27. The first-order valence-electron chi connectivity index (χ1n) is 25.9. The molecular weight excluding hydrogens is 815 g/mol. The number of carboxylic acid groups (broad SMARTS) is 1. The van der Waals surface area contributed by atoms with Crippen molar-refractivity contribution in [3.63, 3.8) is 0 Å². The number of nitrogens with one attached hydrogen (secondary N) is 1. The summed E-state index contributed by atoms with van der Waals surface area (Å²) in [5.41, 5.74) is -0.797. The summed E-state index contributed by atoms with van der Waals surface area (Å²) in [6.07, 6.45) is 36.3. The number of hydrogen-bond donors (Lipinski definition) is 6. The molecule has 0 aromatic carbocycles. The van der Waals surface area contributed by atoms with Gasteiger partial charge in [0.05, 0.1) is 38.6 Å². The summed E-state index contributed by atoms with van der Waals surface area (Å²) >= 11 is 0. The predicted octanol–water partition coefficient (Wildman–Crippen LogP) is 10.3. The highest BCUT2D eigenvalue weighted by Crippen LogP contribution is 2.35. The van der Waals surface area contributed by atoms with Gasteiger partial charge in [-0.15, -0.1) is 0 Å². The van der Waals surface area contributed by atoms with E-state index >= 15 is 0 Å². The summed E-state index contributed by atoms with van der Waals surface area (Å²) in [5.74, 6) is -4.53. The number of aliphatic carboxylic acids is 1. The van der Waals surface area contributed by atoms with Gasteiger partial charge in [-0.05, 0) is 64.2 Å². The lowest BCUT2D eigenvalue weighted by atomic mass is 9.88. The van der Waals surface area contributed by atoms with Crippen LogP contribution in [0.2, 0.25) is 0 Å². The minimum absolute atomic E-state index is 0.178. The van der Waals surface area contributed by atoms with E-state index in [1.165, 1.54) is 135 Å². The van der Waals surface area contributed by atoms with Crippen LogP contribution in [-0.4, -0.2) is 113 Å². The molecule has 1 aliphatic heterocycles. The van der Waals surface area contributed by atoms with Crippen molar-refractivity contribution in [3.8, 4) is 0 Å². The van der Waals surface area contributed by atoms with E-state index < -0.39 is 66.6 Å². The number of unbranched alkanes of at least 4 members (excludes halogenated alkanes) is 24. The number of ether oxygens (including phenoxy) is 4. The molecule has 6 atom stereocenters.